The van der Waals surface area contributed by atoms with Crippen molar-refractivity contribution in [2.45, 2.75) is 27.3 Å². The second-order valence-corrected chi connectivity index (χ2v) is 6.86. The van der Waals surface area contributed by atoms with E-state index in [1.54, 1.807) is 17.4 Å². The highest BCUT2D eigenvalue weighted by Crippen LogP contribution is 2.18. The van der Waals surface area contributed by atoms with E-state index in [4.69, 9.17) is 0 Å². The van der Waals surface area contributed by atoms with E-state index < -0.39 is 0 Å². The topological polar surface area (TPSA) is 46.9 Å². The van der Waals surface area contributed by atoms with Crippen molar-refractivity contribution >= 4 is 23.3 Å². The van der Waals surface area contributed by atoms with Crippen molar-refractivity contribution < 1.29 is 4.79 Å². The third kappa shape index (κ3) is 3.88. The van der Waals surface area contributed by atoms with Gasteiger partial charge in [-0.05, 0) is 56.0 Å². The number of carbonyl (C=O) groups is 1. The highest BCUT2D eigenvalue weighted by molar-refractivity contribution is 7.11. The summed E-state index contributed by atoms with van der Waals surface area (Å²) in [4.78, 5) is 13.2. The van der Waals surface area contributed by atoms with Crippen LogP contribution in [0.1, 0.15) is 27.4 Å². The second-order valence-electron chi connectivity index (χ2n) is 5.92. The summed E-state index contributed by atoms with van der Waals surface area (Å²) < 4.78 is 1.92. The summed E-state index contributed by atoms with van der Waals surface area (Å²) in [6.07, 6.45) is 3.45. The first-order valence-electron chi connectivity index (χ1n) is 8.17. The van der Waals surface area contributed by atoms with Crippen LogP contribution in [0.5, 0.6) is 0 Å². The van der Waals surface area contributed by atoms with E-state index in [0.717, 1.165) is 27.5 Å². The molecule has 0 saturated heterocycles. The number of benzene rings is 1. The molecule has 0 fully saturated rings. The number of nitrogens with zero attached hydrogens (tertiary/aromatic N) is 2. The van der Waals surface area contributed by atoms with E-state index in [1.807, 2.05) is 73.3 Å². The predicted molar refractivity (Wildman–Crippen MR) is 103 cm³/mol. The third-order valence-electron chi connectivity index (χ3n) is 4.17. The summed E-state index contributed by atoms with van der Waals surface area (Å²) in [5, 5.41) is 9.58. The van der Waals surface area contributed by atoms with Crippen molar-refractivity contribution in [3.8, 4) is 5.69 Å². The molecule has 1 amide bonds. The molecule has 2 heterocycles. The summed E-state index contributed by atoms with van der Waals surface area (Å²) in [5.74, 6) is -0.0981. The number of hydrogen-bond acceptors (Lipinski definition) is 3. The molecule has 1 aromatic carbocycles. The highest BCUT2D eigenvalue weighted by atomic mass is 32.1. The molecule has 128 valence electrons. The van der Waals surface area contributed by atoms with Gasteiger partial charge < -0.3 is 5.32 Å². The molecule has 0 atom stereocenters. The van der Waals surface area contributed by atoms with Gasteiger partial charge in [0.05, 0.1) is 11.4 Å². The van der Waals surface area contributed by atoms with E-state index in [2.05, 4.69) is 10.4 Å². The maximum Gasteiger partial charge on any atom is 0.244 e. The van der Waals surface area contributed by atoms with Crippen LogP contribution >= 0.6 is 11.3 Å². The number of carbonyl (C=O) groups excluding carboxylic acids is 1. The molecule has 0 aliphatic heterocycles. The fraction of sp³-hybridized carbons (Fsp3) is 0.200. The van der Waals surface area contributed by atoms with Crippen molar-refractivity contribution in [1.82, 2.24) is 15.1 Å². The molecule has 0 radical (unpaired) electrons. The molecular formula is C20H21N3OS. The van der Waals surface area contributed by atoms with Crippen molar-refractivity contribution in [1.29, 1.82) is 0 Å². The molecule has 0 aliphatic carbocycles. The Bertz CT molecular complexity index is 906. The van der Waals surface area contributed by atoms with Gasteiger partial charge in [-0.25, -0.2) is 4.68 Å². The quantitative estimate of drug-likeness (QED) is 0.701. The average molecular weight is 351 g/mol. The van der Waals surface area contributed by atoms with Gasteiger partial charge in [-0.15, -0.1) is 11.3 Å². The van der Waals surface area contributed by atoms with Crippen molar-refractivity contribution in [2.24, 2.45) is 0 Å². The molecule has 2 aromatic heterocycles. The van der Waals surface area contributed by atoms with Crippen molar-refractivity contribution in [3.05, 3.63) is 75.2 Å². The van der Waals surface area contributed by atoms with Crippen LogP contribution in [0.25, 0.3) is 11.8 Å². The Morgan fingerprint density at radius 3 is 2.64 bits per heavy atom. The first-order valence-corrected chi connectivity index (χ1v) is 9.04. The molecule has 0 saturated carbocycles. The number of amides is 1. The Morgan fingerprint density at radius 1 is 1.20 bits per heavy atom. The third-order valence-corrected chi connectivity index (χ3v) is 5.15. The SMILES string of the molecule is Cc1ccsc1/C=C/C(=O)NCc1c(C)nn(-c2ccccc2)c1C. The molecule has 0 unspecified atom stereocenters. The van der Waals surface area contributed by atoms with Gasteiger partial charge in [0.25, 0.3) is 0 Å². The zero-order valence-electron chi connectivity index (χ0n) is 14.6. The highest BCUT2D eigenvalue weighted by Gasteiger charge is 2.13. The fourth-order valence-corrected chi connectivity index (χ4v) is 3.51. The predicted octanol–water partition coefficient (Wildman–Crippen LogP) is 4.19. The first kappa shape index (κ1) is 17.2. The monoisotopic (exact) mass is 351 g/mol. The summed E-state index contributed by atoms with van der Waals surface area (Å²) >= 11 is 1.63. The van der Waals surface area contributed by atoms with Gasteiger partial charge in [0.15, 0.2) is 0 Å². The first-order chi connectivity index (χ1) is 12.1. The van der Waals surface area contributed by atoms with Gasteiger partial charge in [-0.3, -0.25) is 4.79 Å². The van der Waals surface area contributed by atoms with Gasteiger partial charge in [-0.1, -0.05) is 18.2 Å². The van der Waals surface area contributed by atoms with E-state index in [0.29, 0.717) is 6.54 Å². The lowest BCUT2D eigenvalue weighted by atomic mass is 10.2. The van der Waals surface area contributed by atoms with Crippen molar-refractivity contribution in [2.75, 3.05) is 0 Å². The smallest absolute Gasteiger partial charge is 0.244 e. The molecule has 3 aromatic rings. The van der Waals surface area contributed by atoms with Crippen molar-refractivity contribution in [3.63, 3.8) is 0 Å². The minimum atomic E-state index is -0.0981. The normalized spacial score (nSPS) is 11.2. The van der Waals surface area contributed by atoms with E-state index >= 15 is 0 Å². The number of aryl methyl sites for hydroxylation is 2. The molecule has 3 rings (SSSR count). The molecule has 5 heteroatoms. The zero-order chi connectivity index (χ0) is 17.8. The van der Waals surface area contributed by atoms with Crippen LogP contribution in [0.2, 0.25) is 0 Å². The van der Waals surface area contributed by atoms with Crippen LogP contribution < -0.4 is 5.32 Å². The molecule has 4 nitrogen and oxygen atoms in total. The van der Waals surface area contributed by atoms with Gasteiger partial charge in [0.1, 0.15) is 0 Å². The largest absolute Gasteiger partial charge is 0.348 e. The number of nitrogens with one attached hydrogen (secondary N) is 1. The minimum Gasteiger partial charge on any atom is -0.348 e. The Labute approximate surface area is 151 Å². The van der Waals surface area contributed by atoms with Crippen LogP contribution in [0, 0.1) is 20.8 Å². The molecular weight excluding hydrogens is 330 g/mol. The van der Waals surface area contributed by atoms with E-state index in [1.165, 1.54) is 5.56 Å². The van der Waals surface area contributed by atoms with E-state index in [9.17, 15) is 4.79 Å². The fourth-order valence-electron chi connectivity index (χ4n) is 2.69. The maximum atomic E-state index is 12.1. The Balaban J connectivity index is 1.69. The van der Waals surface area contributed by atoms with Gasteiger partial charge in [0.2, 0.25) is 5.91 Å². The molecule has 0 spiro atoms. The number of rotatable bonds is 5. The van der Waals surface area contributed by atoms with Crippen LogP contribution in [0.4, 0.5) is 0 Å². The van der Waals surface area contributed by atoms with Crippen LogP contribution in [-0.4, -0.2) is 15.7 Å². The number of para-hydroxylation sites is 1. The van der Waals surface area contributed by atoms with Crippen LogP contribution in [-0.2, 0) is 11.3 Å². The van der Waals surface area contributed by atoms with Crippen LogP contribution in [0.3, 0.4) is 0 Å². The average Bonchev–Trinajstić information content (AvgIpc) is 3.15. The lowest BCUT2D eigenvalue weighted by Crippen LogP contribution is -2.21. The maximum absolute atomic E-state index is 12.1. The lowest BCUT2D eigenvalue weighted by molar-refractivity contribution is -0.116. The molecule has 1 N–H and O–H groups in total. The summed E-state index contributed by atoms with van der Waals surface area (Å²) in [7, 11) is 0. The summed E-state index contributed by atoms with van der Waals surface area (Å²) in [6, 6.07) is 12.1. The molecule has 25 heavy (non-hydrogen) atoms. The van der Waals surface area contributed by atoms with E-state index in [-0.39, 0.29) is 5.91 Å². The molecule has 0 aliphatic rings. The minimum absolute atomic E-state index is 0.0981. The summed E-state index contributed by atoms with van der Waals surface area (Å²) in [6.45, 7) is 6.51. The standard InChI is InChI=1S/C20H21N3OS/c1-14-11-12-25-19(14)9-10-20(24)21-13-18-15(2)22-23(16(18)3)17-7-5-4-6-8-17/h4-12H,13H2,1-3H3,(H,21,24)/b10-9+. The number of hydrogen-bond donors (Lipinski definition) is 1. The Morgan fingerprint density at radius 2 is 1.96 bits per heavy atom. The number of aromatic nitrogens is 2. The van der Waals surface area contributed by atoms with Crippen LogP contribution in [0.15, 0.2) is 47.9 Å². The zero-order valence-corrected chi connectivity index (χ0v) is 15.4. The second kappa shape index (κ2) is 7.49. The summed E-state index contributed by atoms with van der Waals surface area (Å²) in [5.41, 5.74) is 5.23. The van der Waals surface area contributed by atoms with Gasteiger partial charge in [-0.2, -0.15) is 5.10 Å². The van der Waals surface area contributed by atoms with Gasteiger partial charge >= 0.3 is 0 Å². The Hall–Kier alpha value is -2.66. The molecule has 0 bridgehead atoms. The lowest BCUT2D eigenvalue weighted by Gasteiger charge is -2.06. The number of thiophene rings is 1. The van der Waals surface area contributed by atoms with Gasteiger partial charge in [0, 0.05) is 28.8 Å². The Kier molecular flexibility index (Phi) is 5.14.